The minimum absolute atomic E-state index is 0.212. The molecule has 37 heavy (non-hydrogen) atoms. The summed E-state index contributed by atoms with van der Waals surface area (Å²) in [6, 6.07) is 31.8. The van der Waals surface area contributed by atoms with Crippen LogP contribution in [0.15, 0.2) is 103 Å². The van der Waals surface area contributed by atoms with Crippen LogP contribution < -0.4 is 15.4 Å². The molecule has 4 aromatic carbocycles. The first-order valence-corrected chi connectivity index (χ1v) is 12.2. The number of anilines is 2. The summed E-state index contributed by atoms with van der Waals surface area (Å²) in [7, 11) is 1.31. The lowest BCUT2D eigenvalue weighted by Crippen LogP contribution is -2.20. The first kappa shape index (κ1) is 25.5. The maximum absolute atomic E-state index is 12.8. The molecule has 188 valence electrons. The van der Waals surface area contributed by atoms with Crippen LogP contribution in [0.25, 0.3) is 0 Å². The highest BCUT2D eigenvalue weighted by Crippen LogP contribution is 2.32. The van der Waals surface area contributed by atoms with Crippen molar-refractivity contribution in [3.05, 3.63) is 125 Å². The van der Waals surface area contributed by atoms with Crippen LogP contribution >= 0.6 is 0 Å². The molecular weight excluding hydrogens is 464 g/mol. The van der Waals surface area contributed by atoms with Gasteiger partial charge in [0, 0.05) is 11.4 Å². The Hall–Kier alpha value is -4.58. The van der Waals surface area contributed by atoms with Crippen molar-refractivity contribution in [3.8, 4) is 5.75 Å². The van der Waals surface area contributed by atoms with Crippen LogP contribution in [-0.4, -0.2) is 19.1 Å². The van der Waals surface area contributed by atoms with E-state index in [1.54, 1.807) is 18.2 Å². The number of amides is 2. The molecule has 0 heterocycles. The second kappa shape index (κ2) is 12.4. The number of para-hydroxylation sites is 1. The summed E-state index contributed by atoms with van der Waals surface area (Å²) < 4.78 is 11.4. The Morgan fingerprint density at radius 2 is 1.41 bits per heavy atom. The van der Waals surface area contributed by atoms with Crippen LogP contribution in [0.1, 0.15) is 46.5 Å². The second-order valence-electron chi connectivity index (χ2n) is 8.51. The molecule has 4 aromatic rings. The first-order chi connectivity index (χ1) is 18.1. The van der Waals surface area contributed by atoms with Crippen LogP contribution in [0.3, 0.4) is 0 Å². The van der Waals surface area contributed by atoms with Crippen molar-refractivity contribution >= 4 is 23.4 Å². The van der Waals surface area contributed by atoms with E-state index in [4.69, 9.17) is 9.47 Å². The number of benzene rings is 4. The Kier molecular flexibility index (Phi) is 8.55. The van der Waals surface area contributed by atoms with E-state index in [1.807, 2.05) is 84.9 Å². The Morgan fingerprint density at radius 3 is 2.03 bits per heavy atom. The Balaban J connectivity index is 1.59. The molecule has 4 rings (SSSR count). The van der Waals surface area contributed by atoms with Crippen molar-refractivity contribution in [2.24, 2.45) is 0 Å². The van der Waals surface area contributed by atoms with E-state index < -0.39 is 18.1 Å². The summed E-state index contributed by atoms with van der Waals surface area (Å²) in [6.07, 6.45) is 1.39. The molecule has 0 spiro atoms. The van der Waals surface area contributed by atoms with Gasteiger partial charge in [-0.15, -0.1) is 0 Å². The van der Waals surface area contributed by atoms with Gasteiger partial charge in [-0.25, -0.2) is 9.59 Å². The minimum Gasteiger partial charge on any atom is -0.480 e. The summed E-state index contributed by atoms with van der Waals surface area (Å²) in [5.74, 6) is -0.212. The maximum atomic E-state index is 12.8. The van der Waals surface area contributed by atoms with Gasteiger partial charge in [-0.2, -0.15) is 0 Å². The van der Waals surface area contributed by atoms with Crippen LogP contribution in [-0.2, 0) is 11.2 Å². The lowest BCUT2D eigenvalue weighted by molar-refractivity contribution is 0.0594. The molecule has 2 amide bonds. The molecule has 0 aromatic heterocycles. The zero-order valence-electron chi connectivity index (χ0n) is 20.9. The summed E-state index contributed by atoms with van der Waals surface area (Å²) in [5.41, 5.74) is 4.35. The summed E-state index contributed by atoms with van der Waals surface area (Å²) >= 11 is 0. The number of ether oxygens (including phenoxy) is 2. The van der Waals surface area contributed by atoms with Gasteiger partial charge in [0.2, 0.25) is 0 Å². The van der Waals surface area contributed by atoms with Crippen LogP contribution in [0.4, 0.5) is 16.2 Å². The number of hydrogen-bond acceptors (Lipinski definition) is 4. The highest BCUT2D eigenvalue weighted by Gasteiger charge is 2.21. The van der Waals surface area contributed by atoms with Gasteiger partial charge in [0.15, 0.2) is 0 Å². The van der Waals surface area contributed by atoms with Gasteiger partial charge in [0.1, 0.15) is 17.4 Å². The molecule has 0 aliphatic rings. The molecule has 2 N–H and O–H groups in total. The molecule has 0 fully saturated rings. The van der Waals surface area contributed by atoms with Crippen LogP contribution in [0, 0.1) is 0 Å². The average molecular weight is 495 g/mol. The highest BCUT2D eigenvalue weighted by atomic mass is 16.5. The van der Waals surface area contributed by atoms with Crippen molar-refractivity contribution in [1.82, 2.24) is 0 Å². The number of hydrogen-bond donors (Lipinski definition) is 2. The van der Waals surface area contributed by atoms with E-state index in [1.165, 1.54) is 7.11 Å². The molecule has 0 aliphatic heterocycles. The number of carbonyl (C=O) groups is 2. The van der Waals surface area contributed by atoms with Crippen molar-refractivity contribution in [1.29, 1.82) is 0 Å². The molecule has 0 saturated carbocycles. The largest absolute Gasteiger partial charge is 0.480 e. The number of aryl methyl sites for hydroxylation is 1. The van der Waals surface area contributed by atoms with E-state index in [0.29, 0.717) is 11.4 Å². The number of methoxy groups -OCH3 is 1. The summed E-state index contributed by atoms with van der Waals surface area (Å²) in [6.45, 7) is 2.09. The minimum atomic E-state index is -0.563. The van der Waals surface area contributed by atoms with Gasteiger partial charge in [0.25, 0.3) is 0 Å². The SMILES string of the molecule is CCCc1ccccc1NC(=O)Nc1ccc(OC(c2ccccc2)c2ccccc2)c(C(=O)OC)c1. The third kappa shape index (κ3) is 6.55. The van der Waals surface area contributed by atoms with E-state index in [9.17, 15) is 9.59 Å². The second-order valence-corrected chi connectivity index (χ2v) is 8.51. The van der Waals surface area contributed by atoms with Crippen molar-refractivity contribution in [3.63, 3.8) is 0 Å². The van der Waals surface area contributed by atoms with Gasteiger partial charge >= 0.3 is 12.0 Å². The Bertz CT molecular complexity index is 1300. The molecule has 0 saturated heterocycles. The van der Waals surface area contributed by atoms with Crippen molar-refractivity contribution < 1.29 is 19.1 Å². The fraction of sp³-hybridized carbons (Fsp3) is 0.161. The van der Waals surface area contributed by atoms with E-state index >= 15 is 0 Å². The predicted molar refractivity (Wildman–Crippen MR) is 146 cm³/mol. The van der Waals surface area contributed by atoms with Gasteiger partial charge in [-0.05, 0) is 47.4 Å². The third-order valence-corrected chi connectivity index (χ3v) is 5.88. The molecule has 0 aliphatic carbocycles. The van der Waals surface area contributed by atoms with Crippen LogP contribution in [0.5, 0.6) is 5.75 Å². The van der Waals surface area contributed by atoms with Gasteiger partial charge < -0.3 is 20.1 Å². The smallest absolute Gasteiger partial charge is 0.341 e. The lowest BCUT2D eigenvalue weighted by atomic mass is 10.0. The number of esters is 1. The van der Waals surface area contributed by atoms with Crippen LogP contribution in [0.2, 0.25) is 0 Å². The molecule has 6 nitrogen and oxygen atoms in total. The standard InChI is InChI=1S/C31H30N2O4/c1-3-12-22-13-10-11-18-27(22)33-31(35)32-25-19-20-28(26(21-25)30(34)36-2)37-29(23-14-6-4-7-15-23)24-16-8-5-9-17-24/h4-11,13-21,29H,3,12H2,1-2H3,(H2,32,33,35). The lowest BCUT2D eigenvalue weighted by Gasteiger charge is -2.22. The molecular formula is C31H30N2O4. The zero-order valence-corrected chi connectivity index (χ0v) is 20.9. The summed E-state index contributed by atoms with van der Waals surface area (Å²) in [4.78, 5) is 25.5. The zero-order chi connectivity index (χ0) is 26.0. The molecule has 0 unspecified atom stereocenters. The quantitative estimate of drug-likeness (QED) is 0.241. The molecule has 0 bridgehead atoms. The van der Waals surface area contributed by atoms with E-state index in [2.05, 4.69) is 17.6 Å². The highest BCUT2D eigenvalue weighted by molar-refractivity contribution is 6.01. The molecule has 0 radical (unpaired) electrons. The predicted octanol–water partition coefficient (Wildman–Crippen LogP) is 7.24. The normalized spacial score (nSPS) is 10.6. The van der Waals surface area contributed by atoms with E-state index in [-0.39, 0.29) is 5.56 Å². The summed E-state index contributed by atoms with van der Waals surface area (Å²) in [5, 5.41) is 5.71. The van der Waals surface area contributed by atoms with E-state index in [0.717, 1.165) is 35.2 Å². The first-order valence-electron chi connectivity index (χ1n) is 12.2. The van der Waals surface area contributed by atoms with Gasteiger partial charge in [0.05, 0.1) is 7.11 Å². The third-order valence-electron chi connectivity index (χ3n) is 5.88. The molecule has 0 atom stereocenters. The topological polar surface area (TPSA) is 76.7 Å². The number of carbonyl (C=O) groups excluding carboxylic acids is 2. The fourth-order valence-electron chi connectivity index (χ4n) is 4.11. The monoisotopic (exact) mass is 494 g/mol. The van der Waals surface area contributed by atoms with Crippen molar-refractivity contribution in [2.45, 2.75) is 25.9 Å². The Morgan fingerprint density at radius 1 is 0.784 bits per heavy atom. The van der Waals surface area contributed by atoms with Gasteiger partial charge in [-0.3, -0.25) is 0 Å². The number of nitrogens with one attached hydrogen (secondary N) is 2. The molecule has 6 heteroatoms. The number of rotatable bonds is 9. The van der Waals surface area contributed by atoms with Gasteiger partial charge in [-0.1, -0.05) is 92.2 Å². The fourth-order valence-corrected chi connectivity index (χ4v) is 4.11. The Labute approximate surface area is 217 Å². The average Bonchev–Trinajstić information content (AvgIpc) is 2.94. The maximum Gasteiger partial charge on any atom is 0.341 e. The number of urea groups is 1. The van der Waals surface area contributed by atoms with Crippen molar-refractivity contribution in [2.75, 3.05) is 17.7 Å².